The van der Waals surface area contributed by atoms with Crippen LogP contribution in [0.1, 0.15) is 98.8 Å². The second kappa shape index (κ2) is 16.2. The molecule has 1 atom stereocenters. The number of thioether (sulfide) groups is 1. The van der Waals surface area contributed by atoms with Crippen molar-refractivity contribution in [2.45, 2.75) is 104 Å². The Morgan fingerprint density at radius 3 is 2.04 bits per heavy atom. The lowest BCUT2D eigenvalue weighted by molar-refractivity contribution is -0.141. The Kier molecular flexibility index (Phi) is 15.8. The normalized spacial score (nSPS) is 12.5. The predicted octanol–water partition coefficient (Wildman–Crippen LogP) is 6.49. The Labute approximate surface area is 181 Å². The summed E-state index contributed by atoms with van der Waals surface area (Å²) in [6.07, 6.45) is 9.82. The van der Waals surface area contributed by atoms with Crippen LogP contribution in [0.2, 0.25) is 0 Å². The van der Waals surface area contributed by atoms with Gasteiger partial charge < -0.3 is 9.47 Å². The lowest BCUT2D eigenvalue weighted by atomic mass is 9.88. The SMILES string of the molecule is CCOC(=S)SC(CCC(=O)CCCCCCCCCOC(C)=O)C(C)(C)C. The minimum atomic E-state index is -0.200. The standard InChI is InChI=1S/C22H40O4S2/c1-6-25-21(27)28-20(22(3,4)5)16-15-19(24)14-12-10-8-7-9-11-13-17-26-18(2)23/h20H,6-17H2,1-5H3. The van der Waals surface area contributed by atoms with Gasteiger partial charge in [-0.05, 0) is 43.8 Å². The topological polar surface area (TPSA) is 52.6 Å². The maximum absolute atomic E-state index is 12.2. The largest absolute Gasteiger partial charge is 0.479 e. The summed E-state index contributed by atoms with van der Waals surface area (Å²) >= 11 is 6.86. The molecule has 0 aromatic heterocycles. The van der Waals surface area contributed by atoms with Crippen LogP contribution in [0, 0.1) is 5.41 Å². The van der Waals surface area contributed by atoms with Crippen molar-refractivity contribution in [1.82, 2.24) is 0 Å². The minimum Gasteiger partial charge on any atom is -0.479 e. The van der Waals surface area contributed by atoms with Gasteiger partial charge in [-0.25, -0.2) is 0 Å². The number of ether oxygens (including phenoxy) is 2. The molecule has 0 aromatic carbocycles. The summed E-state index contributed by atoms with van der Waals surface area (Å²) in [5, 5.41) is 0.294. The molecule has 1 unspecified atom stereocenters. The Morgan fingerprint density at radius 1 is 0.929 bits per heavy atom. The highest BCUT2D eigenvalue weighted by atomic mass is 32.2. The maximum Gasteiger partial charge on any atom is 0.302 e. The second-order valence-electron chi connectivity index (χ2n) is 8.30. The van der Waals surface area contributed by atoms with Crippen molar-refractivity contribution in [2.24, 2.45) is 5.41 Å². The highest BCUT2D eigenvalue weighted by Crippen LogP contribution is 2.35. The highest BCUT2D eigenvalue weighted by molar-refractivity contribution is 8.23. The van der Waals surface area contributed by atoms with Gasteiger partial charge in [0.15, 0.2) is 0 Å². The summed E-state index contributed by atoms with van der Waals surface area (Å²) in [5.41, 5.74) is 0.0849. The van der Waals surface area contributed by atoms with E-state index in [1.807, 2.05) is 6.92 Å². The van der Waals surface area contributed by atoms with Gasteiger partial charge >= 0.3 is 5.97 Å². The van der Waals surface area contributed by atoms with Crippen molar-refractivity contribution in [3.05, 3.63) is 0 Å². The Balaban J connectivity index is 3.81. The van der Waals surface area contributed by atoms with Crippen molar-refractivity contribution < 1.29 is 19.1 Å². The van der Waals surface area contributed by atoms with Crippen LogP contribution >= 0.6 is 24.0 Å². The summed E-state index contributed by atoms with van der Waals surface area (Å²) in [6.45, 7) is 11.1. The van der Waals surface area contributed by atoms with E-state index in [0.717, 1.165) is 32.1 Å². The minimum absolute atomic E-state index is 0.0849. The highest BCUT2D eigenvalue weighted by Gasteiger charge is 2.27. The number of Topliss-reactive ketones (excluding diaryl/α,β-unsaturated/α-hetero) is 1. The summed E-state index contributed by atoms with van der Waals surface area (Å²) < 4.78 is 10.9. The lowest BCUT2D eigenvalue weighted by Gasteiger charge is -2.29. The van der Waals surface area contributed by atoms with E-state index < -0.39 is 0 Å². The van der Waals surface area contributed by atoms with Gasteiger partial charge in [0.2, 0.25) is 4.38 Å². The molecule has 0 N–H and O–H groups in total. The van der Waals surface area contributed by atoms with E-state index in [1.165, 1.54) is 26.2 Å². The molecule has 6 heteroatoms. The number of ketones is 1. The monoisotopic (exact) mass is 432 g/mol. The van der Waals surface area contributed by atoms with Crippen LogP contribution < -0.4 is 0 Å². The number of carbonyl (C=O) groups is 2. The fourth-order valence-corrected chi connectivity index (χ4v) is 4.35. The molecule has 0 heterocycles. The van der Waals surface area contributed by atoms with Gasteiger partial charge in [-0.1, -0.05) is 64.6 Å². The molecule has 28 heavy (non-hydrogen) atoms. The molecule has 0 saturated carbocycles. The molecule has 0 saturated heterocycles. The molecule has 0 aliphatic carbocycles. The van der Waals surface area contributed by atoms with Crippen molar-refractivity contribution >= 4 is 40.1 Å². The predicted molar refractivity (Wildman–Crippen MR) is 123 cm³/mol. The summed E-state index contributed by atoms with van der Waals surface area (Å²) in [7, 11) is 0. The number of thiocarbonyl (C=S) groups is 1. The number of hydrogen-bond acceptors (Lipinski definition) is 6. The molecule has 4 nitrogen and oxygen atoms in total. The first-order valence-electron chi connectivity index (χ1n) is 10.6. The van der Waals surface area contributed by atoms with Crippen LogP contribution in [0.5, 0.6) is 0 Å². The van der Waals surface area contributed by atoms with Gasteiger partial charge in [0.1, 0.15) is 5.78 Å². The van der Waals surface area contributed by atoms with Gasteiger partial charge in [-0.2, -0.15) is 0 Å². The molecular formula is C22H40O4S2. The zero-order valence-corrected chi connectivity index (χ0v) is 20.1. The van der Waals surface area contributed by atoms with Crippen molar-refractivity contribution in [3.63, 3.8) is 0 Å². The molecule has 0 aromatic rings. The molecule has 0 radical (unpaired) electrons. The molecule has 0 aliphatic heterocycles. The van der Waals surface area contributed by atoms with E-state index >= 15 is 0 Å². The zero-order valence-electron chi connectivity index (χ0n) is 18.5. The Hall–Kier alpha value is -0.620. The van der Waals surface area contributed by atoms with Gasteiger partial charge in [0, 0.05) is 25.0 Å². The van der Waals surface area contributed by atoms with E-state index in [1.54, 1.807) is 11.8 Å². The van der Waals surface area contributed by atoms with Crippen LogP contribution in [0.15, 0.2) is 0 Å². The molecule has 0 spiro atoms. The average molecular weight is 433 g/mol. The fraction of sp³-hybridized carbons (Fsp3) is 0.864. The molecule has 0 aliphatic rings. The Bertz CT molecular complexity index is 458. The van der Waals surface area contributed by atoms with Crippen LogP contribution in [0.25, 0.3) is 0 Å². The quantitative estimate of drug-likeness (QED) is 0.167. The third-order valence-electron chi connectivity index (χ3n) is 4.56. The van der Waals surface area contributed by atoms with Crippen molar-refractivity contribution in [2.75, 3.05) is 13.2 Å². The van der Waals surface area contributed by atoms with Gasteiger partial charge in [-0.15, -0.1) is 0 Å². The third kappa shape index (κ3) is 16.3. The van der Waals surface area contributed by atoms with Gasteiger partial charge in [0.05, 0.1) is 13.2 Å². The van der Waals surface area contributed by atoms with Crippen LogP contribution in [-0.2, 0) is 19.1 Å². The summed E-state index contributed by atoms with van der Waals surface area (Å²) in [4.78, 5) is 22.9. The first kappa shape index (κ1) is 27.4. The molecule has 164 valence electrons. The molecular weight excluding hydrogens is 392 g/mol. The molecule has 0 fully saturated rings. The van der Waals surface area contributed by atoms with E-state index in [-0.39, 0.29) is 11.4 Å². The third-order valence-corrected chi connectivity index (χ3v) is 6.50. The van der Waals surface area contributed by atoms with E-state index in [9.17, 15) is 9.59 Å². The first-order valence-corrected chi connectivity index (χ1v) is 11.9. The average Bonchev–Trinajstić information content (AvgIpc) is 2.59. The lowest BCUT2D eigenvalue weighted by Crippen LogP contribution is -2.25. The van der Waals surface area contributed by atoms with Crippen molar-refractivity contribution in [1.29, 1.82) is 0 Å². The first-order chi connectivity index (χ1) is 13.2. The van der Waals surface area contributed by atoms with Gasteiger partial charge in [-0.3, -0.25) is 9.59 Å². The number of esters is 1. The molecule has 0 amide bonds. The number of hydrogen-bond donors (Lipinski definition) is 0. The van der Waals surface area contributed by atoms with E-state index in [2.05, 4.69) is 20.8 Å². The molecule has 0 rings (SSSR count). The maximum atomic E-state index is 12.2. The van der Waals surface area contributed by atoms with Crippen LogP contribution in [0.4, 0.5) is 0 Å². The summed E-state index contributed by atoms with van der Waals surface area (Å²) in [6, 6.07) is 0. The second-order valence-corrected chi connectivity index (χ2v) is 10.1. The van der Waals surface area contributed by atoms with E-state index in [4.69, 9.17) is 21.7 Å². The number of unbranched alkanes of at least 4 members (excludes halogenated alkanes) is 6. The van der Waals surface area contributed by atoms with E-state index in [0.29, 0.717) is 41.5 Å². The van der Waals surface area contributed by atoms with Gasteiger partial charge in [0.25, 0.3) is 0 Å². The zero-order chi connectivity index (χ0) is 21.4. The summed E-state index contributed by atoms with van der Waals surface area (Å²) in [5.74, 6) is 0.160. The molecule has 0 bridgehead atoms. The van der Waals surface area contributed by atoms with Crippen LogP contribution in [-0.4, -0.2) is 34.6 Å². The fourth-order valence-electron chi connectivity index (χ4n) is 2.88. The van der Waals surface area contributed by atoms with Crippen LogP contribution in [0.3, 0.4) is 0 Å². The Morgan fingerprint density at radius 2 is 1.50 bits per heavy atom. The number of carbonyl (C=O) groups excluding carboxylic acids is 2. The van der Waals surface area contributed by atoms with Crippen molar-refractivity contribution in [3.8, 4) is 0 Å². The number of rotatable bonds is 15. The smallest absolute Gasteiger partial charge is 0.302 e.